The van der Waals surface area contributed by atoms with Crippen molar-refractivity contribution in [1.29, 1.82) is 0 Å². The fourth-order valence-electron chi connectivity index (χ4n) is 6.08. The highest BCUT2D eigenvalue weighted by atomic mass is 15.4. The fourth-order valence-corrected chi connectivity index (χ4v) is 6.08. The van der Waals surface area contributed by atoms with E-state index < -0.39 is 0 Å². The summed E-state index contributed by atoms with van der Waals surface area (Å²) >= 11 is 0. The van der Waals surface area contributed by atoms with Crippen LogP contribution < -0.4 is 0 Å². The first-order valence-corrected chi connectivity index (χ1v) is 16.4. The number of aromatic nitrogens is 10. The van der Waals surface area contributed by atoms with Crippen LogP contribution in [0.4, 0.5) is 0 Å². The maximum absolute atomic E-state index is 4.52. The predicted octanol–water partition coefficient (Wildman–Crippen LogP) is 1.69. The molecule has 0 saturated carbocycles. The molecular formula is C33H48N14. The lowest BCUT2D eigenvalue weighted by molar-refractivity contribution is 0.221. The van der Waals surface area contributed by atoms with Gasteiger partial charge in [-0.15, -0.1) is 0 Å². The molecule has 14 nitrogen and oxygen atoms in total. The van der Waals surface area contributed by atoms with E-state index >= 15 is 0 Å². The SMILES string of the molecule is CN1CCc2ncnn2C1.CN1CCn2c(Cc3ccccc3)cnc2C1.CN1CCn2cncc2C1.CN1CCn2ncnc2C1. The van der Waals surface area contributed by atoms with Gasteiger partial charge in [-0.3, -0.25) is 19.6 Å². The number of hydrogen-bond acceptors (Lipinski definition) is 10. The minimum absolute atomic E-state index is 0.884. The van der Waals surface area contributed by atoms with Gasteiger partial charge in [-0.2, -0.15) is 10.2 Å². The molecule has 8 heterocycles. The Morgan fingerprint density at radius 1 is 0.617 bits per heavy atom. The highest BCUT2D eigenvalue weighted by Crippen LogP contribution is 2.16. The Balaban J connectivity index is 0.000000113. The van der Waals surface area contributed by atoms with Crippen LogP contribution in [-0.4, -0.2) is 123 Å². The van der Waals surface area contributed by atoms with Gasteiger partial charge in [0.15, 0.2) is 0 Å². The van der Waals surface area contributed by atoms with Crippen molar-refractivity contribution < 1.29 is 0 Å². The molecule has 0 radical (unpaired) electrons. The number of nitrogens with zero attached hydrogens (tertiary/aromatic N) is 14. The largest absolute Gasteiger partial charge is 0.332 e. The van der Waals surface area contributed by atoms with Gasteiger partial charge in [-0.1, -0.05) is 30.3 Å². The number of imidazole rings is 2. The molecule has 0 unspecified atom stereocenters. The molecule has 250 valence electrons. The van der Waals surface area contributed by atoms with E-state index in [4.69, 9.17) is 0 Å². The summed E-state index contributed by atoms with van der Waals surface area (Å²) < 4.78 is 8.47. The number of rotatable bonds is 2. The lowest BCUT2D eigenvalue weighted by Crippen LogP contribution is -2.31. The monoisotopic (exact) mass is 640 g/mol. The van der Waals surface area contributed by atoms with Gasteiger partial charge in [0.25, 0.3) is 0 Å². The molecule has 0 amide bonds. The van der Waals surface area contributed by atoms with E-state index in [0.717, 1.165) is 96.6 Å². The van der Waals surface area contributed by atoms with Crippen LogP contribution in [0.15, 0.2) is 61.7 Å². The molecule has 0 spiro atoms. The van der Waals surface area contributed by atoms with Crippen molar-refractivity contribution >= 4 is 0 Å². The molecule has 4 aromatic heterocycles. The quantitative estimate of drug-likeness (QED) is 0.283. The summed E-state index contributed by atoms with van der Waals surface area (Å²) in [5.74, 6) is 3.39. The zero-order valence-corrected chi connectivity index (χ0v) is 28.2. The van der Waals surface area contributed by atoms with Gasteiger partial charge in [0.1, 0.15) is 30.1 Å². The molecule has 0 bridgehead atoms. The minimum Gasteiger partial charge on any atom is -0.332 e. The second-order valence-electron chi connectivity index (χ2n) is 12.8. The lowest BCUT2D eigenvalue weighted by Gasteiger charge is -2.24. The van der Waals surface area contributed by atoms with Crippen LogP contribution >= 0.6 is 0 Å². The summed E-state index contributed by atoms with van der Waals surface area (Å²) in [4.78, 5) is 25.9. The summed E-state index contributed by atoms with van der Waals surface area (Å²) in [6, 6.07) is 10.6. The van der Waals surface area contributed by atoms with Crippen LogP contribution in [0.5, 0.6) is 0 Å². The maximum atomic E-state index is 4.52. The van der Waals surface area contributed by atoms with E-state index in [2.05, 4.69) is 117 Å². The van der Waals surface area contributed by atoms with Crippen molar-refractivity contribution in [1.82, 2.24) is 68.2 Å². The van der Waals surface area contributed by atoms with Crippen molar-refractivity contribution in [3.8, 4) is 0 Å². The van der Waals surface area contributed by atoms with Crippen LogP contribution in [-0.2, 0) is 58.8 Å². The molecule has 4 aliphatic heterocycles. The van der Waals surface area contributed by atoms with Crippen molar-refractivity contribution in [2.45, 2.75) is 58.8 Å². The van der Waals surface area contributed by atoms with Crippen LogP contribution in [0.2, 0.25) is 0 Å². The Bertz CT molecular complexity index is 1550. The topological polar surface area (TPSA) is 110 Å². The van der Waals surface area contributed by atoms with E-state index in [9.17, 15) is 0 Å². The second kappa shape index (κ2) is 15.6. The fraction of sp³-hybridized carbons (Fsp3) is 0.515. The molecule has 47 heavy (non-hydrogen) atoms. The lowest BCUT2D eigenvalue weighted by atomic mass is 10.1. The smallest absolute Gasteiger partial charge is 0.141 e. The molecule has 0 atom stereocenters. The van der Waals surface area contributed by atoms with Gasteiger partial charge < -0.3 is 9.13 Å². The highest BCUT2D eigenvalue weighted by molar-refractivity contribution is 5.22. The van der Waals surface area contributed by atoms with Gasteiger partial charge in [0, 0.05) is 76.7 Å². The van der Waals surface area contributed by atoms with E-state index in [1.54, 1.807) is 12.7 Å². The van der Waals surface area contributed by atoms with Gasteiger partial charge in [-0.05, 0) is 33.8 Å². The van der Waals surface area contributed by atoms with E-state index in [1.165, 1.54) is 22.8 Å². The third-order valence-electron chi connectivity index (χ3n) is 8.91. The molecule has 0 N–H and O–H groups in total. The van der Waals surface area contributed by atoms with Crippen molar-refractivity contribution in [3.63, 3.8) is 0 Å². The van der Waals surface area contributed by atoms with Crippen LogP contribution in [0.1, 0.15) is 34.4 Å². The Morgan fingerprint density at radius 3 is 2.15 bits per heavy atom. The molecule has 0 fully saturated rings. The summed E-state index contributed by atoms with van der Waals surface area (Å²) in [5.41, 5.74) is 4.02. The second-order valence-corrected chi connectivity index (χ2v) is 12.8. The number of hydrogen-bond donors (Lipinski definition) is 0. The minimum atomic E-state index is 0.884. The average molecular weight is 641 g/mol. The molecule has 5 aromatic rings. The number of benzene rings is 1. The summed E-state index contributed by atoms with van der Waals surface area (Å²) in [6.07, 6.45) is 11.1. The first kappa shape index (κ1) is 32.7. The van der Waals surface area contributed by atoms with Gasteiger partial charge in [0.05, 0.1) is 38.3 Å². The predicted molar refractivity (Wildman–Crippen MR) is 179 cm³/mol. The number of likely N-dealkylation sites (N-methyl/N-ethyl adjacent to an activating group) is 4. The first-order valence-electron chi connectivity index (χ1n) is 16.4. The molecule has 1 aromatic carbocycles. The Kier molecular flexibility index (Phi) is 10.8. The van der Waals surface area contributed by atoms with E-state index in [1.807, 2.05) is 28.1 Å². The summed E-state index contributed by atoms with van der Waals surface area (Å²) in [7, 11) is 8.47. The van der Waals surface area contributed by atoms with Crippen LogP contribution in [0.25, 0.3) is 0 Å². The van der Waals surface area contributed by atoms with Crippen LogP contribution in [0, 0.1) is 0 Å². The average Bonchev–Trinajstić information content (AvgIpc) is 3.89. The molecule has 0 aliphatic carbocycles. The maximum Gasteiger partial charge on any atom is 0.141 e. The molecule has 14 heteroatoms. The molecular weight excluding hydrogens is 592 g/mol. The molecule has 4 aliphatic rings. The molecule has 9 rings (SSSR count). The zero-order chi connectivity index (χ0) is 32.6. The summed E-state index contributed by atoms with van der Waals surface area (Å²) in [6.45, 7) is 11.4. The molecule has 0 saturated heterocycles. The highest BCUT2D eigenvalue weighted by Gasteiger charge is 2.17. The third kappa shape index (κ3) is 8.77. The van der Waals surface area contributed by atoms with E-state index in [-0.39, 0.29) is 0 Å². The standard InChI is InChI=1S/C14H17N3.C7H11N3.2C6H10N4/c1-16-7-8-17-13(10-15-14(17)11-16)9-12-5-3-2-4-6-12;1-9-2-3-10-6-8-4-7(10)5-9;1-9-2-3-10-6(4-9)7-5-8-10;1-9-3-2-6-7-4-8-10(6)5-9/h2-6,10H,7-9,11H2,1H3;4,6H,2-3,5H2,1H3;5H,2-4H2,1H3;4H,2-3,5H2,1H3. The van der Waals surface area contributed by atoms with Crippen molar-refractivity contribution in [2.24, 2.45) is 0 Å². The normalized spacial score (nSPS) is 17.8. The van der Waals surface area contributed by atoms with E-state index in [0.29, 0.717) is 0 Å². The zero-order valence-electron chi connectivity index (χ0n) is 28.2. The van der Waals surface area contributed by atoms with Crippen molar-refractivity contribution in [2.75, 3.05) is 54.4 Å². The number of fused-ring (bicyclic) bond motifs is 4. The Hall–Kier alpha value is -4.24. The Labute approximate surface area is 277 Å². The Morgan fingerprint density at radius 2 is 1.32 bits per heavy atom. The van der Waals surface area contributed by atoms with Crippen LogP contribution in [0.3, 0.4) is 0 Å². The van der Waals surface area contributed by atoms with Gasteiger partial charge in [0.2, 0.25) is 0 Å². The van der Waals surface area contributed by atoms with Gasteiger partial charge in [-0.25, -0.2) is 29.3 Å². The third-order valence-corrected chi connectivity index (χ3v) is 8.91. The van der Waals surface area contributed by atoms with Crippen molar-refractivity contribution in [3.05, 3.63) is 96.1 Å². The summed E-state index contributed by atoms with van der Waals surface area (Å²) in [5, 5.41) is 8.14. The van der Waals surface area contributed by atoms with Gasteiger partial charge >= 0.3 is 0 Å². The first-order chi connectivity index (χ1) is 22.9.